The number of hydrogen-bond donors (Lipinski definition) is 2. The average molecular weight is 543 g/mol. The Hall–Kier alpha value is -3.16. The Kier molecular flexibility index (Phi) is 9.24. The van der Waals surface area contributed by atoms with E-state index in [0.29, 0.717) is 22.0 Å². The van der Waals surface area contributed by atoms with Gasteiger partial charge in [0.1, 0.15) is 12.4 Å². The summed E-state index contributed by atoms with van der Waals surface area (Å²) >= 11 is 9.62. The third-order valence-corrected chi connectivity index (χ3v) is 5.99. The summed E-state index contributed by atoms with van der Waals surface area (Å²) in [5.74, 6) is -1.09. The molecule has 0 fully saturated rings. The van der Waals surface area contributed by atoms with Gasteiger partial charge >= 0.3 is 11.8 Å². The molecule has 0 saturated heterocycles. The van der Waals surface area contributed by atoms with Crippen molar-refractivity contribution in [3.63, 3.8) is 0 Å². The summed E-state index contributed by atoms with van der Waals surface area (Å²) in [7, 11) is 0. The van der Waals surface area contributed by atoms with E-state index >= 15 is 0 Å². The van der Waals surface area contributed by atoms with E-state index in [0.717, 1.165) is 34.0 Å². The predicted octanol–water partition coefficient (Wildman–Crippen LogP) is 5.90. The van der Waals surface area contributed by atoms with Gasteiger partial charge in [-0.15, -0.1) is 0 Å². The normalized spacial score (nSPS) is 10.8. The summed E-state index contributed by atoms with van der Waals surface area (Å²) in [6, 6.07) is 18.6. The number of carbonyl (C=O) groups excluding carboxylic acids is 2. The molecule has 2 amide bonds. The minimum absolute atomic E-state index is 0.271. The number of carbonyl (C=O) groups is 2. The van der Waals surface area contributed by atoms with Crippen molar-refractivity contribution in [1.29, 1.82) is 0 Å². The molecule has 176 valence electrons. The van der Waals surface area contributed by atoms with Gasteiger partial charge in [0.15, 0.2) is 0 Å². The zero-order chi connectivity index (χ0) is 24.5. The molecule has 0 aliphatic carbocycles. The lowest BCUT2D eigenvalue weighted by molar-refractivity contribution is -0.136. The molecule has 0 spiro atoms. The van der Waals surface area contributed by atoms with Crippen molar-refractivity contribution in [3.8, 4) is 5.75 Å². The molecule has 0 atom stereocenters. The van der Waals surface area contributed by atoms with Crippen LogP contribution in [0.3, 0.4) is 0 Å². The topological polar surface area (TPSA) is 79.8 Å². The van der Waals surface area contributed by atoms with Crippen molar-refractivity contribution in [1.82, 2.24) is 5.43 Å². The lowest BCUT2D eigenvalue weighted by Gasteiger charge is -2.13. The summed E-state index contributed by atoms with van der Waals surface area (Å²) < 4.78 is 6.72. The van der Waals surface area contributed by atoms with E-state index in [-0.39, 0.29) is 6.61 Å². The number of halogens is 2. The van der Waals surface area contributed by atoms with Crippen LogP contribution < -0.4 is 15.5 Å². The van der Waals surface area contributed by atoms with Gasteiger partial charge in [0.2, 0.25) is 0 Å². The quantitative estimate of drug-likeness (QED) is 0.211. The fraction of sp³-hybridized carbons (Fsp3) is 0.192. The Morgan fingerprint density at radius 1 is 0.971 bits per heavy atom. The van der Waals surface area contributed by atoms with Crippen LogP contribution in [0, 0.1) is 0 Å². The van der Waals surface area contributed by atoms with E-state index in [1.807, 2.05) is 56.3 Å². The standard InChI is InChI=1S/C26H25BrClN3O3/c1-3-17-9-7-10-18(4-2)24(17)30-25(32)26(33)31-29-15-20-14-21(27)12-13-23(20)34-16-19-8-5-6-11-22(19)28/h5-15H,3-4,16H2,1-2H3,(H,30,32)(H,31,33)/b29-15-. The molecule has 0 bridgehead atoms. The third kappa shape index (κ3) is 6.68. The van der Waals surface area contributed by atoms with Crippen LogP contribution in [-0.2, 0) is 29.0 Å². The lowest BCUT2D eigenvalue weighted by Crippen LogP contribution is -2.33. The van der Waals surface area contributed by atoms with Crippen LogP contribution in [-0.4, -0.2) is 18.0 Å². The van der Waals surface area contributed by atoms with Crippen molar-refractivity contribution in [2.45, 2.75) is 33.3 Å². The first-order valence-electron chi connectivity index (χ1n) is 10.8. The Labute approximate surface area is 212 Å². The van der Waals surface area contributed by atoms with Crippen molar-refractivity contribution in [3.05, 3.63) is 92.4 Å². The Morgan fingerprint density at radius 2 is 1.65 bits per heavy atom. The molecule has 3 rings (SSSR count). The number of anilines is 1. The summed E-state index contributed by atoms with van der Waals surface area (Å²) in [4.78, 5) is 24.8. The van der Waals surface area contributed by atoms with Gasteiger partial charge in [-0.05, 0) is 48.2 Å². The molecule has 6 nitrogen and oxygen atoms in total. The highest BCUT2D eigenvalue weighted by Gasteiger charge is 2.16. The van der Waals surface area contributed by atoms with E-state index in [9.17, 15) is 9.59 Å². The fourth-order valence-electron chi connectivity index (χ4n) is 3.31. The maximum absolute atomic E-state index is 12.5. The van der Waals surface area contributed by atoms with Gasteiger partial charge in [0.05, 0.1) is 6.21 Å². The number of amides is 2. The number of ether oxygens (including phenoxy) is 1. The summed E-state index contributed by atoms with van der Waals surface area (Å²) in [5.41, 5.74) is 6.37. The average Bonchev–Trinajstić information content (AvgIpc) is 2.84. The van der Waals surface area contributed by atoms with Gasteiger partial charge in [-0.25, -0.2) is 5.43 Å². The van der Waals surface area contributed by atoms with Gasteiger partial charge in [-0.3, -0.25) is 9.59 Å². The van der Waals surface area contributed by atoms with Crippen LogP contribution in [0.5, 0.6) is 5.75 Å². The largest absolute Gasteiger partial charge is 0.488 e. The number of nitrogens with one attached hydrogen (secondary N) is 2. The second-order valence-corrected chi connectivity index (χ2v) is 8.70. The molecule has 0 radical (unpaired) electrons. The molecular formula is C26H25BrClN3O3. The van der Waals surface area contributed by atoms with Crippen molar-refractivity contribution in [2.75, 3.05) is 5.32 Å². The smallest absolute Gasteiger partial charge is 0.329 e. The van der Waals surface area contributed by atoms with Crippen LogP contribution >= 0.6 is 27.5 Å². The molecule has 3 aromatic rings. The monoisotopic (exact) mass is 541 g/mol. The summed E-state index contributed by atoms with van der Waals surface area (Å²) in [6.45, 7) is 4.27. The van der Waals surface area contributed by atoms with E-state index in [4.69, 9.17) is 16.3 Å². The second-order valence-electron chi connectivity index (χ2n) is 7.37. The first kappa shape index (κ1) is 25.5. The lowest BCUT2D eigenvalue weighted by atomic mass is 10.0. The molecule has 8 heteroatoms. The number of benzene rings is 3. The molecule has 2 N–H and O–H groups in total. The number of aryl methyl sites for hydroxylation is 2. The highest BCUT2D eigenvalue weighted by molar-refractivity contribution is 9.10. The minimum atomic E-state index is -0.863. The molecule has 0 unspecified atom stereocenters. The molecule has 0 aliphatic rings. The van der Waals surface area contributed by atoms with Crippen LogP contribution in [0.25, 0.3) is 0 Å². The minimum Gasteiger partial charge on any atom is -0.488 e. The SMILES string of the molecule is CCc1cccc(CC)c1NC(=O)C(=O)N/N=C\c1cc(Br)ccc1OCc1ccccc1Cl. The first-order chi connectivity index (χ1) is 16.4. The maximum atomic E-state index is 12.5. The second kappa shape index (κ2) is 12.3. The molecule has 34 heavy (non-hydrogen) atoms. The number of hydrogen-bond acceptors (Lipinski definition) is 4. The van der Waals surface area contributed by atoms with Gasteiger partial charge in [0.25, 0.3) is 0 Å². The predicted molar refractivity (Wildman–Crippen MR) is 139 cm³/mol. The maximum Gasteiger partial charge on any atom is 0.329 e. The zero-order valence-electron chi connectivity index (χ0n) is 18.9. The third-order valence-electron chi connectivity index (χ3n) is 5.13. The number of para-hydroxylation sites is 1. The molecule has 0 aromatic heterocycles. The summed E-state index contributed by atoms with van der Waals surface area (Å²) in [5, 5.41) is 7.29. The van der Waals surface area contributed by atoms with E-state index < -0.39 is 11.8 Å². The van der Waals surface area contributed by atoms with Crippen molar-refractivity contribution in [2.24, 2.45) is 5.10 Å². The molecule has 0 heterocycles. The Morgan fingerprint density at radius 3 is 2.32 bits per heavy atom. The summed E-state index contributed by atoms with van der Waals surface area (Å²) in [6.07, 6.45) is 2.90. The van der Waals surface area contributed by atoms with Crippen LogP contribution in [0.1, 0.15) is 36.1 Å². The van der Waals surface area contributed by atoms with Crippen molar-refractivity contribution >= 4 is 51.2 Å². The Balaban J connectivity index is 1.67. The first-order valence-corrected chi connectivity index (χ1v) is 12.0. The molecule has 0 saturated carbocycles. The number of hydrazone groups is 1. The molecule has 0 aliphatic heterocycles. The van der Waals surface area contributed by atoms with Gasteiger partial charge in [0, 0.05) is 26.3 Å². The van der Waals surface area contributed by atoms with Gasteiger partial charge < -0.3 is 10.1 Å². The van der Waals surface area contributed by atoms with E-state index in [1.165, 1.54) is 6.21 Å². The number of rotatable bonds is 8. The molecule has 3 aromatic carbocycles. The highest BCUT2D eigenvalue weighted by Crippen LogP contribution is 2.25. The Bertz CT molecular complexity index is 1190. The van der Waals surface area contributed by atoms with E-state index in [2.05, 4.69) is 31.8 Å². The number of nitrogens with zero attached hydrogens (tertiary/aromatic N) is 1. The van der Waals surface area contributed by atoms with Crippen LogP contribution in [0.15, 0.2) is 70.2 Å². The van der Waals surface area contributed by atoms with Crippen LogP contribution in [0.4, 0.5) is 5.69 Å². The van der Waals surface area contributed by atoms with Gasteiger partial charge in [-0.1, -0.05) is 77.8 Å². The van der Waals surface area contributed by atoms with Crippen molar-refractivity contribution < 1.29 is 14.3 Å². The van der Waals surface area contributed by atoms with E-state index in [1.54, 1.807) is 18.2 Å². The fourth-order valence-corrected chi connectivity index (χ4v) is 3.88. The van der Waals surface area contributed by atoms with Gasteiger partial charge in [-0.2, -0.15) is 5.10 Å². The zero-order valence-corrected chi connectivity index (χ0v) is 21.2. The molecular weight excluding hydrogens is 518 g/mol. The van der Waals surface area contributed by atoms with Crippen LogP contribution in [0.2, 0.25) is 5.02 Å². The highest BCUT2D eigenvalue weighted by atomic mass is 79.9.